The molecule has 3 heteroatoms. The minimum Gasteiger partial charge on any atom is -0.496 e. The molecular formula is C27H47BrO2. The van der Waals surface area contributed by atoms with Crippen LogP contribution >= 0.6 is 15.9 Å². The first kappa shape index (κ1) is 27.3. The van der Waals surface area contributed by atoms with Crippen molar-refractivity contribution in [1.29, 1.82) is 0 Å². The van der Waals surface area contributed by atoms with Crippen LogP contribution in [0.25, 0.3) is 0 Å². The number of methoxy groups -OCH3 is 1. The zero-order chi connectivity index (χ0) is 22.6. The van der Waals surface area contributed by atoms with Gasteiger partial charge in [0.15, 0.2) is 0 Å². The Bertz CT molecular complexity index is 596. The van der Waals surface area contributed by atoms with E-state index in [1.54, 1.807) is 7.11 Å². The second kappa shape index (κ2) is 13.7. The maximum atomic E-state index is 6.32. The average molecular weight is 484 g/mol. The van der Waals surface area contributed by atoms with Crippen molar-refractivity contribution >= 4 is 15.9 Å². The van der Waals surface area contributed by atoms with E-state index in [9.17, 15) is 0 Å². The fraction of sp³-hybridized carbons (Fsp3) is 0.778. The van der Waals surface area contributed by atoms with Gasteiger partial charge in [0.25, 0.3) is 0 Å². The third-order valence-electron chi connectivity index (χ3n) is 5.70. The molecule has 30 heavy (non-hydrogen) atoms. The molecule has 0 N–H and O–H groups in total. The summed E-state index contributed by atoms with van der Waals surface area (Å²) >= 11 is 3.50. The molecule has 1 aromatic carbocycles. The van der Waals surface area contributed by atoms with Gasteiger partial charge in [-0.1, -0.05) is 109 Å². The molecule has 0 aliphatic heterocycles. The van der Waals surface area contributed by atoms with Crippen LogP contribution < -0.4 is 9.47 Å². The van der Waals surface area contributed by atoms with Crippen molar-refractivity contribution in [2.45, 2.75) is 117 Å². The quantitative estimate of drug-likeness (QED) is 0.194. The minimum absolute atomic E-state index is 0.0214. The van der Waals surface area contributed by atoms with Crippen LogP contribution in [0.3, 0.4) is 0 Å². The Balaban J connectivity index is 2.49. The van der Waals surface area contributed by atoms with Crippen LogP contribution in [0.4, 0.5) is 0 Å². The van der Waals surface area contributed by atoms with Crippen LogP contribution in [0.2, 0.25) is 0 Å². The van der Waals surface area contributed by atoms with E-state index in [4.69, 9.17) is 9.47 Å². The Morgan fingerprint density at radius 1 is 0.633 bits per heavy atom. The monoisotopic (exact) mass is 482 g/mol. The largest absolute Gasteiger partial charge is 0.496 e. The molecule has 0 heterocycles. The highest BCUT2D eigenvalue weighted by Crippen LogP contribution is 2.41. The minimum atomic E-state index is 0.0214. The normalized spacial score (nSPS) is 12.3. The number of hydrogen-bond acceptors (Lipinski definition) is 2. The van der Waals surface area contributed by atoms with Crippen molar-refractivity contribution in [1.82, 2.24) is 0 Å². The van der Waals surface area contributed by atoms with Gasteiger partial charge in [-0.05, 0) is 35.8 Å². The number of rotatable bonds is 14. The second-order valence-corrected chi connectivity index (χ2v) is 11.4. The summed E-state index contributed by atoms with van der Waals surface area (Å²) in [5.74, 6) is 1.99. The molecule has 1 rings (SSSR count). The summed E-state index contributed by atoms with van der Waals surface area (Å²) in [6.07, 6.45) is 13.4. The molecule has 0 atom stereocenters. The lowest BCUT2D eigenvalue weighted by Crippen LogP contribution is -2.18. The van der Waals surface area contributed by atoms with Gasteiger partial charge in [-0.3, -0.25) is 0 Å². The van der Waals surface area contributed by atoms with E-state index < -0.39 is 0 Å². The lowest BCUT2D eigenvalue weighted by molar-refractivity contribution is 0.294. The van der Waals surface area contributed by atoms with Crippen molar-refractivity contribution in [2.24, 2.45) is 0 Å². The fourth-order valence-corrected chi connectivity index (χ4v) is 4.21. The van der Waals surface area contributed by atoms with Crippen molar-refractivity contribution in [2.75, 3.05) is 19.0 Å². The SMILES string of the molecule is COc1cc(C(C)(C)C)c(OCCCCCCCCCCCCBr)cc1C(C)(C)C. The third kappa shape index (κ3) is 10.1. The zero-order valence-corrected chi connectivity index (χ0v) is 22.4. The molecule has 0 radical (unpaired) electrons. The van der Waals surface area contributed by atoms with Crippen LogP contribution in [0.15, 0.2) is 12.1 Å². The molecule has 0 fully saturated rings. The molecule has 0 saturated carbocycles. The van der Waals surface area contributed by atoms with Gasteiger partial charge in [-0.2, -0.15) is 0 Å². The molecule has 0 aliphatic carbocycles. The van der Waals surface area contributed by atoms with E-state index in [2.05, 4.69) is 69.6 Å². The Morgan fingerprint density at radius 3 is 1.47 bits per heavy atom. The molecule has 0 aromatic heterocycles. The number of halogens is 1. The summed E-state index contributed by atoms with van der Waals surface area (Å²) in [5.41, 5.74) is 2.48. The van der Waals surface area contributed by atoms with Crippen LogP contribution in [0, 0.1) is 0 Å². The van der Waals surface area contributed by atoms with E-state index in [1.165, 1.54) is 68.9 Å². The summed E-state index contributed by atoms with van der Waals surface area (Å²) in [5, 5.41) is 1.15. The molecule has 2 nitrogen and oxygen atoms in total. The number of ether oxygens (including phenoxy) is 2. The number of hydrogen-bond donors (Lipinski definition) is 0. The summed E-state index contributed by atoms with van der Waals surface area (Å²) < 4.78 is 12.0. The van der Waals surface area contributed by atoms with Crippen LogP contribution in [-0.2, 0) is 10.8 Å². The maximum Gasteiger partial charge on any atom is 0.123 e. The van der Waals surface area contributed by atoms with Gasteiger partial charge in [0.1, 0.15) is 11.5 Å². The van der Waals surface area contributed by atoms with Gasteiger partial charge in [0, 0.05) is 16.5 Å². The molecule has 0 aliphatic rings. The lowest BCUT2D eigenvalue weighted by atomic mass is 9.81. The lowest BCUT2D eigenvalue weighted by Gasteiger charge is -2.28. The van der Waals surface area contributed by atoms with E-state index in [0.717, 1.165) is 29.9 Å². The van der Waals surface area contributed by atoms with E-state index in [1.807, 2.05) is 0 Å². The number of benzene rings is 1. The van der Waals surface area contributed by atoms with Crippen molar-refractivity contribution in [3.8, 4) is 11.5 Å². The summed E-state index contributed by atoms with van der Waals surface area (Å²) in [6.45, 7) is 14.2. The Morgan fingerprint density at radius 2 is 1.03 bits per heavy atom. The molecule has 174 valence electrons. The summed E-state index contributed by atoms with van der Waals surface area (Å²) in [4.78, 5) is 0. The highest BCUT2D eigenvalue weighted by Gasteiger charge is 2.26. The predicted molar refractivity (Wildman–Crippen MR) is 136 cm³/mol. The highest BCUT2D eigenvalue weighted by atomic mass is 79.9. The molecule has 0 saturated heterocycles. The summed E-state index contributed by atoms with van der Waals surface area (Å²) in [7, 11) is 1.76. The van der Waals surface area contributed by atoms with Crippen LogP contribution in [0.1, 0.15) is 117 Å². The van der Waals surface area contributed by atoms with Crippen LogP contribution in [-0.4, -0.2) is 19.0 Å². The van der Waals surface area contributed by atoms with Gasteiger partial charge >= 0.3 is 0 Å². The predicted octanol–water partition coefficient (Wildman–Crippen LogP) is 8.96. The van der Waals surface area contributed by atoms with Gasteiger partial charge < -0.3 is 9.47 Å². The Kier molecular flexibility index (Phi) is 12.4. The first-order valence-corrected chi connectivity index (χ1v) is 13.1. The van der Waals surface area contributed by atoms with Crippen molar-refractivity contribution < 1.29 is 9.47 Å². The zero-order valence-electron chi connectivity index (χ0n) is 20.8. The number of alkyl halides is 1. The highest BCUT2D eigenvalue weighted by molar-refractivity contribution is 9.09. The molecule has 0 bridgehead atoms. The topological polar surface area (TPSA) is 18.5 Å². The van der Waals surface area contributed by atoms with Gasteiger partial charge in [0.05, 0.1) is 13.7 Å². The first-order valence-electron chi connectivity index (χ1n) is 12.0. The molecule has 0 amide bonds. The molecule has 1 aromatic rings. The van der Waals surface area contributed by atoms with Crippen molar-refractivity contribution in [3.63, 3.8) is 0 Å². The fourth-order valence-electron chi connectivity index (χ4n) is 3.81. The van der Waals surface area contributed by atoms with E-state index >= 15 is 0 Å². The molecule has 0 spiro atoms. The van der Waals surface area contributed by atoms with Crippen molar-refractivity contribution in [3.05, 3.63) is 23.3 Å². The van der Waals surface area contributed by atoms with Gasteiger partial charge in [-0.25, -0.2) is 0 Å². The van der Waals surface area contributed by atoms with Gasteiger partial charge in [-0.15, -0.1) is 0 Å². The second-order valence-electron chi connectivity index (χ2n) is 10.6. The molecular weight excluding hydrogens is 436 g/mol. The number of unbranched alkanes of at least 4 members (excludes halogenated alkanes) is 9. The Hall–Kier alpha value is -0.700. The average Bonchev–Trinajstić information content (AvgIpc) is 2.66. The van der Waals surface area contributed by atoms with Gasteiger partial charge in [0.2, 0.25) is 0 Å². The van der Waals surface area contributed by atoms with E-state index in [0.29, 0.717) is 0 Å². The van der Waals surface area contributed by atoms with E-state index in [-0.39, 0.29) is 10.8 Å². The standard InChI is InChI=1S/C27H47BrO2/c1-26(2,3)22-21-25(23(27(4,5)6)20-24(22)29-7)30-19-17-15-13-11-9-8-10-12-14-16-18-28/h20-21H,8-19H2,1-7H3. The Labute approximate surface area is 195 Å². The smallest absolute Gasteiger partial charge is 0.123 e. The molecule has 0 unspecified atom stereocenters. The first-order chi connectivity index (χ1) is 14.1. The summed E-state index contributed by atoms with van der Waals surface area (Å²) in [6, 6.07) is 4.41. The third-order valence-corrected chi connectivity index (χ3v) is 6.26. The van der Waals surface area contributed by atoms with Crippen LogP contribution in [0.5, 0.6) is 11.5 Å². The maximum absolute atomic E-state index is 6.32.